The molecule has 0 aliphatic rings. The molecule has 2 N–H and O–H groups in total. The van der Waals surface area contributed by atoms with Crippen LogP contribution in [0, 0.1) is 0 Å². The van der Waals surface area contributed by atoms with Crippen molar-refractivity contribution in [1.29, 1.82) is 0 Å². The van der Waals surface area contributed by atoms with Crippen LogP contribution in [-0.4, -0.2) is 14.2 Å². The zero-order valence-corrected chi connectivity index (χ0v) is 26.8. The van der Waals surface area contributed by atoms with E-state index < -0.39 is 10.3 Å². The Labute approximate surface area is 242 Å². The van der Waals surface area contributed by atoms with Crippen LogP contribution < -0.4 is 38.9 Å². The first kappa shape index (κ1) is 32.8. The second-order valence-corrected chi connectivity index (χ2v) is 12.2. The van der Waals surface area contributed by atoms with Crippen molar-refractivity contribution < 1.29 is 48.4 Å². The van der Waals surface area contributed by atoms with Crippen LogP contribution in [0.1, 0.15) is 144 Å². The summed E-state index contributed by atoms with van der Waals surface area (Å²) < 4.78 is 29.1. The normalized spacial score (nSPS) is 12.1. The van der Waals surface area contributed by atoms with Gasteiger partial charge in [-0.25, -0.2) is 0 Å². The molecule has 2 aromatic rings. The summed E-state index contributed by atoms with van der Waals surface area (Å²) in [6, 6.07) is 8.09. The zero-order chi connectivity index (χ0) is 26.8. The van der Waals surface area contributed by atoms with Crippen LogP contribution in [0.4, 0.5) is 0 Å². The third-order valence-corrected chi connectivity index (χ3v) is 6.91. The fourth-order valence-corrected chi connectivity index (χ4v) is 5.08. The van der Waals surface area contributed by atoms with E-state index in [0.717, 1.165) is 5.56 Å². The number of rotatable bonds is 10. The van der Waals surface area contributed by atoms with Crippen LogP contribution in [0.5, 0.6) is 5.75 Å². The average Bonchev–Trinajstić information content (AvgIpc) is 2.71. The molecule has 196 valence electrons. The number of nitrogens with two attached hydrogens (primary N) is 1. The first-order chi connectivity index (χ1) is 16.0. The maximum Gasteiger partial charge on any atom is 1.00 e. The van der Waals surface area contributed by atoms with Crippen molar-refractivity contribution in [2.75, 3.05) is 0 Å². The van der Waals surface area contributed by atoms with Gasteiger partial charge in [0.15, 0.2) is 11.5 Å². The van der Waals surface area contributed by atoms with Crippen LogP contribution in [0.3, 0.4) is 0 Å². The Morgan fingerprint density at radius 2 is 1.28 bits per heavy atom. The molecule has 0 bridgehead atoms. The number of hydrogen-bond acceptors (Lipinski definition) is 4. The maximum absolute atomic E-state index is 13.9. The van der Waals surface area contributed by atoms with Gasteiger partial charge in [0.05, 0.1) is 0 Å². The van der Waals surface area contributed by atoms with Gasteiger partial charge in [0.2, 0.25) is 0 Å². The van der Waals surface area contributed by atoms with Crippen molar-refractivity contribution in [3.8, 4) is 5.75 Å². The predicted molar refractivity (Wildman–Crippen MR) is 146 cm³/mol. The second kappa shape index (κ2) is 13.1. The summed E-state index contributed by atoms with van der Waals surface area (Å²) in [6.07, 6.45) is 0.245. The SMILES string of the molecule is CC(C)c1cc(C(C)C)c(CC(=O)c2ccc(C(C)C)c(OS(N)(=O)=O)c2C(C)C)c(C(C)C)c1.[H-].[Na+]. The van der Waals surface area contributed by atoms with E-state index in [1.165, 1.54) is 16.7 Å². The number of benzene rings is 2. The van der Waals surface area contributed by atoms with Gasteiger partial charge in [-0.15, -0.1) is 0 Å². The van der Waals surface area contributed by atoms with Crippen molar-refractivity contribution in [2.24, 2.45) is 5.14 Å². The van der Waals surface area contributed by atoms with Crippen LogP contribution >= 0.6 is 0 Å². The molecule has 0 spiro atoms. The van der Waals surface area contributed by atoms with Crippen molar-refractivity contribution >= 4 is 16.1 Å². The van der Waals surface area contributed by atoms with E-state index in [0.29, 0.717) is 22.6 Å². The van der Waals surface area contributed by atoms with Crippen molar-refractivity contribution in [2.45, 2.75) is 105 Å². The van der Waals surface area contributed by atoms with Gasteiger partial charge in [-0.05, 0) is 57.4 Å². The molecule has 0 radical (unpaired) electrons. The summed E-state index contributed by atoms with van der Waals surface area (Å²) in [5.41, 5.74) is 6.53. The molecule has 0 fully saturated rings. The number of ketones is 1. The summed E-state index contributed by atoms with van der Waals surface area (Å²) in [4.78, 5) is 13.9. The first-order valence-corrected chi connectivity index (χ1v) is 14.1. The summed E-state index contributed by atoms with van der Waals surface area (Å²) in [5.74, 6) is 0.921. The zero-order valence-electron chi connectivity index (χ0n) is 25.0. The van der Waals surface area contributed by atoms with Gasteiger partial charge in [0.25, 0.3) is 0 Å². The molecule has 0 aliphatic heterocycles. The van der Waals surface area contributed by atoms with Crippen LogP contribution in [0.2, 0.25) is 0 Å². The van der Waals surface area contributed by atoms with E-state index in [4.69, 9.17) is 9.32 Å². The molecule has 7 heteroatoms. The standard InChI is InChI=1S/C29H43NO4S.Na.H/c1-16(2)21-13-24(18(5)6)26(25(14-21)19(7)8)15-27(31)23-12-11-22(17(3)4)29(28(23)20(9)10)34-35(30,32)33;;/h11-14,16-20H,15H2,1-10H3,(H2,30,32,33);;/q;+1;-1. The van der Waals surface area contributed by atoms with E-state index >= 15 is 0 Å². The van der Waals surface area contributed by atoms with E-state index in [1.807, 2.05) is 33.8 Å². The molecular weight excluding hydrogens is 481 g/mol. The van der Waals surface area contributed by atoms with Crippen molar-refractivity contribution in [3.05, 3.63) is 63.2 Å². The Morgan fingerprint density at radius 3 is 1.64 bits per heavy atom. The minimum absolute atomic E-state index is 0. The Hall–Kier alpha value is -1.18. The average molecular weight is 526 g/mol. The molecule has 0 amide bonds. The van der Waals surface area contributed by atoms with Gasteiger partial charge in [0, 0.05) is 17.5 Å². The molecule has 0 saturated carbocycles. The molecule has 0 unspecified atom stereocenters. The molecule has 36 heavy (non-hydrogen) atoms. The molecule has 5 nitrogen and oxygen atoms in total. The minimum Gasteiger partial charge on any atom is -1.00 e. The number of carbonyl (C=O) groups is 1. The first-order valence-electron chi connectivity index (χ1n) is 12.6. The molecular formula is C29H44NNaO4S. The van der Waals surface area contributed by atoms with E-state index in [9.17, 15) is 13.2 Å². The van der Waals surface area contributed by atoms with Crippen molar-refractivity contribution in [1.82, 2.24) is 0 Å². The molecule has 2 rings (SSSR count). The van der Waals surface area contributed by atoms with Gasteiger partial charge in [-0.1, -0.05) is 93.5 Å². The van der Waals surface area contributed by atoms with E-state index in [-0.39, 0.29) is 72.6 Å². The quantitative estimate of drug-likeness (QED) is 0.367. The number of carbonyl (C=O) groups excluding carboxylic acids is 1. The summed E-state index contributed by atoms with van der Waals surface area (Å²) in [5, 5.41) is 5.27. The summed E-state index contributed by atoms with van der Waals surface area (Å²) in [7, 11) is -4.25. The fraction of sp³-hybridized carbons (Fsp3) is 0.552. The van der Waals surface area contributed by atoms with Gasteiger partial charge >= 0.3 is 39.9 Å². The Bertz CT molecular complexity index is 1160. The topological polar surface area (TPSA) is 86.5 Å². The fourth-order valence-electron chi connectivity index (χ4n) is 4.66. The predicted octanol–water partition coefficient (Wildman–Crippen LogP) is 4.43. The third-order valence-electron chi connectivity index (χ3n) is 6.52. The Balaban J connectivity index is 0.00000648. The smallest absolute Gasteiger partial charge is 1.00 e. The maximum atomic E-state index is 13.9. The third kappa shape index (κ3) is 7.91. The molecule has 0 heterocycles. The molecule has 0 aliphatic carbocycles. The largest absolute Gasteiger partial charge is 1.00 e. The number of Topliss-reactive ketones (excluding diaryl/α,β-unsaturated/α-hetero) is 1. The number of hydrogen-bond donors (Lipinski definition) is 1. The monoisotopic (exact) mass is 525 g/mol. The molecule has 0 aromatic heterocycles. The van der Waals surface area contributed by atoms with Gasteiger partial charge in [-0.2, -0.15) is 13.6 Å². The minimum atomic E-state index is -4.25. The van der Waals surface area contributed by atoms with E-state index in [1.54, 1.807) is 6.07 Å². The van der Waals surface area contributed by atoms with Crippen LogP contribution in [-0.2, 0) is 16.7 Å². The summed E-state index contributed by atoms with van der Waals surface area (Å²) >= 11 is 0. The van der Waals surface area contributed by atoms with Gasteiger partial charge in [-0.3, -0.25) is 4.79 Å². The molecule has 0 saturated heterocycles. The van der Waals surface area contributed by atoms with Gasteiger partial charge in [0.1, 0.15) is 0 Å². The van der Waals surface area contributed by atoms with Crippen LogP contribution in [0.15, 0.2) is 24.3 Å². The second-order valence-electron chi connectivity index (χ2n) is 11.1. The summed E-state index contributed by atoms with van der Waals surface area (Å²) in [6.45, 7) is 20.8. The van der Waals surface area contributed by atoms with Gasteiger partial charge < -0.3 is 5.61 Å². The molecule has 0 atom stereocenters. The Morgan fingerprint density at radius 1 is 0.806 bits per heavy atom. The van der Waals surface area contributed by atoms with Crippen LogP contribution in [0.25, 0.3) is 0 Å². The Kier molecular flexibility index (Phi) is 11.9. The van der Waals surface area contributed by atoms with E-state index in [2.05, 4.69) is 53.7 Å². The molecule has 2 aromatic carbocycles. The van der Waals surface area contributed by atoms with Crippen molar-refractivity contribution in [3.63, 3.8) is 0 Å².